The lowest BCUT2D eigenvalue weighted by Crippen LogP contribution is -2.37. The third-order valence-corrected chi connectivity index (χ3v) is 3.14. The average Bonchev–Trinajstić information content (AvgIpc) is 2.17. The maximum atomic E-state index is 10.5. The first kappa shape index (κ1) is 10.9. The van der Waals surface area contributed by atoms with Crippen LogP contribution in [-0.2, 0) is 10.3 Å². The molecule has 1 fully saturated rings. The van der Waals surface area contributed by atoms with Gasteiger partial charge in [-0.1, -0.05) is 23.7 Å². The maximum Gasteiger partial charge on any atom is 0.0943 e. The Balaban J connectivity index is 2.28. The number of aliphatic hydroxyl groups is 1. The Bertz CT molecular complexity index is 353. The normalized spacial score (nSPS) is 31.5. The van der Waals surface area contributed by atoms with E-state index in [9.17, 15) is 5.11 Å². The highest BCUT2D eigenvalue weighted by atomic mass is 35.5. The summed E-state index contributed by atoms with van der Waals surface area (Å²) >= 11 is 5.92. The summed E-state index contributed by atoms with van der Waals surface area (Å²) in [5, 5.41) is 11.2. The molecular formula is C12H15ClO2. The van der Waals surface area contributed by atoms with Crippen LogP contribution in [0, 0.1) is 0 Å². The van der Waals surface area contributed by atoms with Gasteiger partial charge in [0.2, 0.25) is 0 Å². The van der Waals surface area contributed by atoms with Gasteiger partial charge in [-0.2, -0.15) is 0 Å². The van der Waals surface area contributed by atoms with E-state index in [1.807, 2.05) is 31.2 Å². The molecule has 2 atom stereocenters. The van der Waals surface area contributed by atoms with Crippen molar-refractivity contribution in [3.63, 3.8) is 0 Å². The predicted octanol–water partition coefficient (Wildman–Crippen LogP) is 2.73. The Morgan fingerprint density at radius 3 is 3.00 bits per heavy atom. The second-order valence-electron chi connectivity index (χ2n) is 4.18. The van der Waals surface area contributed by atoms with Crippen molar-refractivity contribution in [1.29, 1.82) is 0 Å². The highest BCUT2D eigenvalue weighted by Gasteiger charge is 2.34. The predicted molar refractivity (Wildman–Crippen MR) is 60.0 cm³/mol. The summed E-state index contributed by atoms with van der Waals surface area (Å²) in [6, 6.07) is 7.44. The van der Waals surface area contributed by atoms with Crippen LogP contribution in [0.4, 0.5) is 0 Å². The number of rotatable bonds is 1. The van der Waals surface area contributed by atoms with E-state index in [0.29, 0.717) is 24.5 Å². The van der Waals surface area contributed by atoms with Gasteiger partial charge in [-0.25, -0.2) is 0 Å². The number of hydrogen-bond donors (Lipinski definition) is 1. The molecule has 0 saturated carbocycles. The number of benzene rings is 1. The van der Waals surface area contributed by atoms with Crippen LogP contribution in [-0.4, -0.2) is 17.8 Å². The van der Waals surface area contributed by atoms with E-state index in [-0.39, 0.29) is 6.10 Å². The Hall–Kier alpha value is -0.570. The molecule has 1 aromatic rings. The third kappa shape index (κ3) is 2.33. The second kappa shape index (κ2) is 4.12. The van der Waals surface area contributed by atoms with E-state index in [2.05, 4.69) is 0 Å². The van der Waals surface area contributed by atoms with E-state index in [0.717, 1.165) is 5.56 Å². The fraction of sp³-hybridized carbons (Fsp3) is 0.500. The zero-order chi connectivity index (χ0) is 10.9. The van der Waals surface area contributed by atoms with Crippen molar-refractivity contribution in [1.82, 2.24) is 0 Å². The molecule has 0 spiro atoms. The SMILES string of the molecule is CC1CC(O)(c2cccc(Cl)c2)CCO1. The topological polar surface area (TPSA) is 29.5 Å². The molecule has 0 aliphatic carbocycles. The molecule has 0 aromatic heterocycles. The Labute approximate surface area is 94.8 Å². The minimum Gasteiger partial charge on any atom is -0.385 e. The summed E-state index contributed by atoms with van der Waals surface area (Å²) < 4.78 is 5.43. The lowest BCUT2D eigenvalue weighted by molar-refractivity contribution is -0.101. The molecule has 1 saturated heterocycles. The summed E-state index contributed by atoms with van der Waals surface area (Å²) in [7, 11) is 0. The molecular weight excluding hydrogens is 212 g/mol. The van der Waals surface area contributed by atoms with Gasteiger partial charge in [0.25, 0.3) is 0 Å². The van der Waals surface area contributed by atoms with Gasteiger partial charge in [0.05, 0.1) is 18.3 Å². The van der Waals surface area contributed by atoms with Crippen molar-refractivity contribution in [3.8, 4) is 0 Å². The first-order chi connectivity index (χ1) is 7.10. The minimum atomic E-state index is -0.775. The molecule has 2 unspecified atom stereocenters. The average molecular weight is 227 g/mol. The van der Waals surface area contributed by atoms with E-state index < -0.39 is 5.60 Å². The molecule has 2 nitrogen and oxygen atoms in total. The lowest BCUT2D eigenvalue weighted by atomic mass is 9.84. The summed E-state index contributed by atoms with van der Waals surface area (Å²) in [4.78, 5) is 0. The third-order valence-electron chi connectivity index (χ3n) is 2.91. The standard InChI is InChI=1S/C12H15ClO2/c1-9-8-12(14,5-6-15-9)10-3-2-4-11(13)7-10/h2-4,7,9,14H,5-6,8H2,1H3. The minimum absolute atomic E-state index is 0.0998. The largest absolute Gasteiger partial charge is 0.385 e. The van der Waals surface area contributed by atoms with Crippen LogP contribution in [0.5, 0.6) is 0 Å². The number of hydrogen-bond acceptors (Lipinski definition) is 2. The molecule has 82 valence electrons. The summed E-state index contributed by atoms with van der Waals surface area (Å²) in [6.07, 6.45) is 1.37. The number of ether oxygens (including phenoxy) is 1. The van der Waals surface area contributed by atoms with Crippen LogP contribution in [0.3, 0.4) is 0 Å². The molecule has 1 heterocycles. The first-order valence-corrected chi connectivity index (χ1v) is 5.58. The van der Waals surface area contributed by atoms with Gasteiger partial charge in [-0.3, -0.25) is 0 Å². The van der Waals surface area contributed by atoms with Gasteiger partial charge in [0.15, 0.2) is 0 Å². The molecule has 0 amide bonds. The van der Waals surface area contributed by atoms with Crippen LogP contribution in [0.25, 0.3) is 0 Å². The quantitative estimate of drug-likeness (QED) is 0.798. The van der Waals surface area contributed by atoms with Gasteiger partial charge >= 0.3 is 0 Å². The lowest BCUT2D eigenvalue weighted by Gasteiger charge is -2.36. The van der Waals surface area contributed by atoms with E-state index in [4.69, 9.17) is 16.3 Å². The van der Waals surface area contributed by atoms with Crippen molar-refractivity contribution in [2.45, 2.75) is 31.5 Å². The van der Waals surface area contributed by atoms with Crippen LogP contribution in [0.1, 0.15) is 25.3 Å². The first-order valence-electron chi connectivity index (χ1n) is 5.20. The van der Waals surface area contributed by atoms with Crippen LogP contribution in [0.15, 0.2) is 24.3 Å². The molecule has 3 heteroatoms. The smallest absolute Gasteiger partial charge is 0.0943 e. The van der Waals surface area contributed by atoms with Crippen molar-refractivity contribution in [2.24, 2.45) is 0 Å². The molecule has 1 N–H and O–H groups in total. The second-order valence-corrected chi connectivity index (χ2v) is 4.61. The fourth-order valence-corrected chi connectivity index (χ4v) is 2.30. The van der Waals surface area contributed by atoms with E-state index in [1.54, 1.807) is 0 Å². The highest BCUT2D eigenvalue weighted by molar-refractivity contribution is 6.30. The van der Waals surface area contributed by atoms with Crippen LogP contribution in [0.2, 0.25) is 5.02 Å². The monoisotopic (exact) mass is 226 g/mol. The van der Waals surface area contributed by atoms with Crippen molar-refractivity contribution >= 4 is 11.6 Å². The Morgan fingerprint density at radius 2 is 2.33 bits per heavy atom. The summed E-state index contributed by atoms with van der Waals surface area (Å²) in [5.74, 6) is 0. The van der Waals surface area contributed by atoms with E-state index in [1.165, 1.54) is 0 Å². The summed E-state index contributed by atoms with van der Waals surface area (Å²) in [5.41, 5.74) is 0.118. The van der Waals surface area contributed by atoms with E-state index >= 15 is 0 Å². The van der Waals surface area contributed by atoms with Gasteiger partial charge in [-0.05, 0) is 24.6 Å². The van der Waals surface area contributed by atoms with Crippen LogP contribution >= 0.6 is 11.6 Å². The zero-order valence-electron chi connectivity index (χ0n) is 8.74. The Kier molecular flexibility index (Phi) is 3.01. The maximum absolute atomic E-state index is 10.5. The highest BCUT2D eigenvalue weighted by Crippen LogP contribution is 2.35. The molecule has 1 aliphatic rings. The molecule has 0 bridgehead atoms. The van der Waals surface area contributed by atoms with Crippen molar-refractivity contribution < 1.29 is 9.84 Å². The van der Waals surface area contributed by atoms with Crippen molar-refractivity contribution in [2.75, 3.05) is 6.61 Å². The molecule has 1 aromatic carbocycles. The number of halogens is 1. The molecule has 15 heavy (non-hydrogen) atoms. The molecule has 1 aliphatic heterocycles. The van der Waals surface area contributed by atoms with Crippen LogP contribution < -0.4 is 0 Å². The summed E-state index contributed by atoms with van der Waals surface area (Å²) in [6.45, 7) is 2.58. The Morgan fingerprint density at radius 1 is 1.53 bits per heavy atom. The molecule has 0 radical (unpaired) electrons. The fourth-order valence-electron chi connectivity index (χ4n) is 2.11. The van der Waals surface area contributed by atoms with Gasteiger partial charge in [0.1, 0.15) is 0 Å². The molecule has 2 rings (SSSR count). The van der Waals surface area contributed by atoms with Gasteiger partial charge in [0, 0.05) is 17.9 Å². The van der Waals surface area contributed by atoms with Gasteiger partial charge < -0.3 is 9.84 Å². The van der Waals surface area contributed by atoms with Gasteiger partial charge in [-0.15, -0.1) is 0 Å². The van der Waals surface area contributed by atoms with Crippen molar-refractivity contribution in [3.05, 3.63) is 34.9 Å². The zero-order valence-corrected chi connectivity index (χ0v) is 9.50.